The second kappa shape index (κ2) is 4.43. The minimum Gasteiger partial charge on any atom is -0.491 e. The first-order valence-electron chi connectivity index (χ1n) is 5.17. The standard InChI is InChI=1S/C12H13FO2/c13-11-7-10(8-14)3-4-12(11)15-6-5-9-1-2-9/h3-4,7-9H,1-2,5-6H2. The van der Waals surface area contributed by atoms with Gasteiger partial charge in [0.1, 0.15) is 6.29 Å². The van der Waals surface area contributed by atoms with Crippen LogP contribution in [0.15, 0.2) is 18.2 Å². The molecule has 1 saturated carbocycles. The fourth-order valence-corrected chi connectivity index (χ4v) is 1.45. The third kappa shape index (κ3) is 2.78. The van der Waals surface area contributed by atoms with Gasteiger partial charge >= 0.3 is 0 Å². The summed E-state index contributed by atoms with van der Waals surface area (Å²) in [6, 6.07) is 4.26. The van der Waals surface area contributed by atoms with Crippen LogP contribution in [0.1, 0.15) is 29.6 Å². The molecule has 0 spiro atoms. The maximum Gasteiger partial charge on any atom is 0.165 e. The van der Waals surface area contributed by atoms with Gasteiger partial charge in [0.25, 0.3) is 0 Å². The Morgan fingerprint density at radius 3 is 2.87 bits per heavy atom. The lowest BCUT2D eigenvalue weighted by Gasteiger charge is -2.06. The number of aldehydes is 1. The molecule has 0 aromatic heterocycles. The first kappa shape index (κ1) is 10.1. The highest BCUT2D eigenvalue weighted by molar-refractivity contribution is 5.74. The van der Waals surface area contributed by atoms with Crippen LogP contribution in [0.2, 0.25) is 0 Å². The Morgan fingerprint density at radius 1 is 1.47 bits per heavy atom. The van der Waals surface area contributed by atoms with Crippen LogP contribution in [-0.4, -0.2) is 12.9 Å². The molecule has 0 amide bonds. The number of hydrogen-bond acceptors (Lipinski definition) is 2. The highest BCUT2D eigenvalue weighted by atomic mass is 19.1. The lowest BCUT2D eigenvalue weighted by molar-refractivity contribution is 0.112. The van der Waals surface area contributed by atoms with E-state index < -0.39 is 5.82 Å². The zero-order chi connectivity index (χ0) is 10.7. The van der Waals surface area contributed by atoms with Gasteiger partial charge in [-0.25, -0.2) is 4.39 Å². The van der Waals surface area contributed by atoms with Gasteiger partial charge in [-0.2, -0.15) is 0 Å². The number of hydrogen-bond donors (Lipinski definition) is 0. The molecule has 0 heterocycles. The van der Waals surface area contributed by atoms with Gasteiger partial charge in [-0.1, -0.05) is 12.8 Å². The van der Waals surface area contributed by atoms with Crippen LogP contribution in [0.25, 0.3) is 0 Å². The van der Waals surface area contributed by atoms with Crippen LogP contribution in [0, 0.1) is 11.7 Å². The highest BCUT2D eigenvalue weighted by Crippen LogP contribution is 2.32. The Labute approximate surface area is 88.1 Å². The summed E-state index contributed by atoms with van der Waals surface area (Å²) in [5.74, 6) is 0.555. The van der Waals surface area contributed by atoms with Gasteiger partial charge in [-0.3, -0.25) is 4.79 Å². The molecule has 15 heavy (non-hydrogen) atoms. The molecule has 1 aliphatic rings. The van der Waals surface area contributed by atoms with Gasteiger partial charge in [0.2, 0.25) is 0 Å². The molecule has 2 rings (SSSR count). The summed E-state index contributed by atoms with van der Waals surface area (Å²) in [4.78, 5) is 10.4. The highest BCUT2D eigenvalue weighted by Gasteiger charge is 2.20. The van der Waals surface area contributed by atoms with Crippen molar-refractivity contribution in [3.63, 3.8) is 0 Å². The summed E-state index contributed by atoms with van der Waals surface area (Å²) >= 11 is 0. The van der Waals surface area contributed by atoms with Crippen molar-refractivity contribution >= 4 is 6.29 Å². The fraction of sp³-hybridized carbons (Fsp3) is 0.417. The molecule has 0 atom stereocenters. The second-order valence-electron chi connectivity index (χ2n) is 3.89. The van der Waals surface area contributed by atoms with Crippen LogP contribution < -0.4 is 4.74 Å². The second-order valence-corrected chi connectivity index (χ2v) is 3.89. The lowest BCUT2D eigenvalue weighted by atomic mass is 10.2. The molecule has 0 unspecified atom stereocenters. The zero-order valence-corrected chi connectivity index (χ0v) is 8.41. The molecule has 80 valence electrons. The average molecular weight is 208 g/mol. The maximum atomic E-state index is 13.3. The van der Waals surface area contributed by atoms with E-state index in [-0.39, 0.29) is 5.75 Å². The van der Waals surface area contributed by atoms with E-state index in [0.29, 0.717) is 18.5 Å². The van der Waals surface area contributed by atoms with Crippen LogP contribution in [0.5, 0.6) is 5.75 Å². The molecule has 2 nitrogen and oxygen atoms in total. The maximum absolute atomic E-state index is 13.3. The number of halogens is 1. The minimum atomic E-state index is -0.463. The zero-order valence-electron chi connectivity index (χ0n) is 8.41. The Kier molecular flexibility index (Phi) is 2.99. The van der Waals surface area contributed by atoms with Crippen molar-refractivity contribution in [1.29, 1.82) is 0 Å². The van der Waals surface area contributed by atoms with Crippen LogP contribution in [-0.2, 0) is 0 Å². The Hall–Kier alpha value is -1.38. The van der Waals surface area contributed by atoms with Crippen LogP contribution >= 0.6 is 0 Å². The summed E-state index contributed by atoms with van der Waals surface area (Å²) in [7, 11) is 0. The van der Waals surface area contributed by atoms with E-state index in [2.05, 4.69) is 0 Å². The molecule has 1 aromatic carbocycles. The van der Waals surface area contributed by atoms with Gasteiger partial charge in [0.05, 0.1) is 6.61 Å². The van der Waals surface area contributed by atoms with E-state index in [9.17, 15) is 9.18 Å². The summed E-state index contributed by atoms with van der Waals surface area (Å²) in [5.41, 5.74) is 0.335. The summed E-state index contributed by atoms with van der Waals surface area (Å²) < 4.78 is 18.6. The monoisotopic (exact) mass is 208 g/mol. The summed E-state index contributed by atoms with van der Waals surface area (Å²) in [6.45, 7) is 0.558. The molecule has 1 aromatic rings. The third-order valence-electron chi connectivity index (χ3n) is 2.57. The number of ether oxygens (including phenoxy) is 1. The van der Waals surface area contributed by atoms with Gasteiger partial charge in [0, 0.05) is 5.56 Å². The van der Waals surface area contributed by atoms with Crippen molar-refractivity contribution in [2.45, 2.75) is 19.3 Å². The predicted octanol–water partition coefficient (Wildman–Crippen LogP) is 2.82. The Morgan fingerprint density at radius 2 is 2.27 bits per heavy atom. The van der Waals surface area contributed by atoms with E-state index in [1.807, 2.05) is 0 Å². The number of benzene rings is 1. The predicted molar refractivity (Wildman–Crippen MR) is 54.6 cm³/mol. The molecule has 0 saturated heterocycles. The topological polar surface area (TPSA) is 26.3 Å². The molecule has 0 radical (unpaired) electrons. The average Bonchev–Trinajstić information content (AvgIpc) is 3.04. The van der Waals surface area contributed by atoms with Gasteiger partial charge in [-0.05, 0) is 30.5 Å². The normalized spacial score (nSPS) is 15.0. The van der Waals surface area contributed by atoms with Crippen molar-refractivity contribution in [3.8, 4) is 5.75 Å². The van der Waals surface area contributed by atoms with Crippen molar-refractivity contribution in [2.24, 2.45) is 5.92 Å². The van der Waals surface area contributed by atoms with Crippen molar-refractivity contribution < 1.29 is 13.9 Å². The van der Waals surface area contributed by atoms with E-state index in [1.165, 1.54) is 25.0 Å². The van der Waals surface area contributed by atoms with E-state index in [1.54, 1.807) is 6.07 Å². The molecule has 0 N–H and O–H groups in total. The smallest absolute Gasteiger partial charge is 0.165 e. The van der Waals surface area contributed by atoms with E-state index in [0.717, 1.165) is 12.3 Å². The van der Waals surface area contributed by atoms with Crippen LogP contribution in [0.4, 0.5) is 4.39 Å². The molecule has 3 heteroatoms. The first-order valence-corrected chi connectivity index (χ1v) is 5.17. The number of carbonyl (C=O) groups is 1. The van der Waals surface area contributed by atoms with Crippen molar-refractivity contribution in [1.82, 2.24) is 0 Å². The van der Waals surface area contributed by atoms with Crippen LogP contribution in [0.3, 0.4) is 0 Å². The molecule has 1 aliphatic carbocycles. The van der Waals surface area contributed by atoms with Gasteiger partial charge < -0.3 is 4.74 Å². The quantitative estimate of drug-likeness (QED) is 0.695. The fourth-order valence-electron chi connectivity index (χ4n) is 1.45. The largest absolute Gasteiger partial charge is 0.491 e. The SMILES string of the molecule is O=Cc1ccc(OCCC2CC2)c(F)c1. The lowest BCUT2D eigenvalue weighted by Crippen LogP contribution is -2.00. The third-order valence-corrected chi connectivity index (χ3v) is 2.57. The molecular formula is C12H13FO2. The minimum absolute atomic E-state index is 0.237. The molecule has 0 aliphatic heterocycles. The Bertz CT molecular complexity index is 359. The molecule has 0 bridgehead atoms. The molecular weight excluding hydrogens is 195 g/mol. The summed E-state index contributed by atoms with van der Waals surface area (Å²) in [6.07, 6.45) is 4.16. The van der Waals surface area contributed by atoms with Gasteiger partial charge in [0.15, 0.2) is 11.6 Å². The van der Waals surface area contributed by atoms with E-state index >= 15 is 0 Å². The van der Waals surface area contributed by atoms with E-state index in [4.69, 9.17) is 4.74 Å². The van der Waals surface area contributed by atoms with Crippen molar-refractivity contribution in [2.75, 3.05) is 6.61 Å². The first-order chi connectivity index (χ1) is 7.29. The van der Waals surface area contributed by atoms with Crippen molar-refractivity contribution in [3.05, 3.63) is 29.6 Å². The summed E-state index contributed by atoms with van der Waals surface area (Å²) in [5, 5.41) is 0. The Balaban J connectivity index is 1.91. The molecule has 1 fully saturated rings. The number of carbonyl (C=O) groups excluding carboxylic acids is 1. The number of rotatable bonds is 5. The van der Waals surface area contributed by atoms with Gasteiger partial charge in [-0.15, -0.1) is 0 Å².